The number of fused-ring (bicyclic) bond motifs is 1. The number of benzene rings is 1. The van der Waals surface area contributed by atoms with E-state index in [4.69, 9.17) is 10.1 Å². The van der Waals surface area contributed by atoms with Gasteiger partial charge in [-0.1, -0.05) is 26.0 Å². The molecular formula is C38H47F6N5O2. The molecule has 0 amide bonds. The smallest absolute Gasteiger partial charge is 0.396 e. The highest BCUT2D eigenvalue weighted by Gasteiger charge is 2.44. The second kappa shape index (κ2) is 15.0. The van der Waals surface area contributed by atoms with Crippen LogP contribution in [0.4, 0.5) is 32.3 Å². The zero-order chi connectivity index (χ0) is 36.6. The van der Waals surface area contributed by atoms with E-state index >= 15 is 4.39 Å². The van der Waals surface area contributed by atoms with Crippen molar-refractivity contribution in [2.45, 2.75) is 114 Å². The van der Waals surface area contributed by atoms with Crippen molar-refractivity contribution in [2.24, 2.45) is 5.41 Å². The number of hydrogen-bond acceptors (Lipinski definition) is 7. The fraction of sp³-hybridized carbons (Fsp3) is 0.605. The number of rotatable bonds is 10. The molecule has 0 spiro atoms. The van der Waals surface area contributed by atoms with Gasteiger partial charge in [-0.25, -0.2) is 23.1 Å². The molecule has 1 saturated carbocycles. The van der Waals surface area contributed by atoms with Crippen LogP contribution in [0.15, 0.2) is 36.7 Å². The summed E-state index contributed by atoms with van der Waals surface area (Å²) in [6.45, 7) is 6.53. The predicted molar refractivity (Wildman–Crippen MR) is 181 cm³/mol. The first-order valence-corrected chi connectivity index (χ1v) is 18.0. The maximum atomic E-state index is 17.2. The molecule has 2 atom stereocenters. The number of alkyl halides is 6. The van der Waals surface area contributed by atoms with E-state index in [-0.39, 0.29) is 54.7 Å². The van der Waals surface area contributed by atoms with Gasteiger partial charge in [0.25, 0.3) is 0 Å². The maximum absolute atomic E-state index is 17.2. The van der Waals surface area contributed by atoms with E-state index < -0.39 is 35.9 Å². The number of anilines is 1. The molecule has 0 radical (unpaired) electrons. The number of hydrogen-bond donors (Lipinski definition) is 3. The van der Waals surface area contributed by atoms with Crippen LogP contribution >= 0.6 is 0 Å². The van der Waals surface area contributed by atoms with Gasteiger partial charge in [-0.05, 0) is 86.1 Å². The molecule has 278 valence electrons. The summed E-state index contributed by atoms with van der Waals surface area (Å²) in [7, 11) is 0. The quantitative estimate of drug-likeness (QED) is 0.144. The fourth-order valence-corrected chi connectivity index (χ4v) is 8.11. The number of piperidine rings is 1. The summed E-state index contributed by atoms with van der Waals surface area (Å²) in [5.41, 5.74) is 2.14. The Bertz CT molecular complexity index is 1630. The highest BCUT2D eigenvalue weighted by atomic mass is 19.4. The molecule has 1 saturated heterocycles. The minimum absolute atomic E-state index is 0.0239. The lowest BCUT2D eigenvalue weighted by Gasteiger charge is -2.41. The molecular weight excluding hydrogens is 672 g/mol. The van der Waals surface area contributed by atoms with E-state index in [2.05, 4.69) is 20.2 Å². The molecule has 1 aromatic carbocycles. The number of aromatic nitrogens is 3. The first-order chi connectivity index (χ1) is 24.2. The van der Waals surface area contributed by atoms with Gasteiger partial charge >= 0.3 is 6.18 Å². The largest absolute Gasteiger partial charge is 0.416 e. The van der Waals surface area contributed by atoms with Crippen LogP contribution in [-0.4, -0.2) is 57.3 Å². The van der Waals surface area contributed by atoms with Crippen molar-refractivity contribution in [3.8, 4) is 0 Å². The third-order valence-electron chi connectivity index (χ3n) is 10.8. The number of aliphatic hydroxyl groups excluding tert-OH is 2. The van der Waals surface area contributed by atoms with Crippen LogP contribution in [0.25, 0.3) is 0 Å². The van der Waals surface area contributed by atoms with Crippen molar-refractivity contribution in [3.63, 3.8) is 0 Å². The standard InChI is InChI=1S/C38H47F6N5O2/c1-36(2)18-28-31(29(51)19-36)30(24-8-12-37(40,41)13-9-24)32(33(39)25-4-6-27(7-5-25)38(42,43)44)34(48-28)26-10-15-49(16-11-26)35-46-21-23(22-47-35)20-45-14-3-17-50/h4-7,21-22,24,26,29,33,45,50-51H,3,8-20H2,1-2H3/t29-,33-/m0/s1. The molecule has 0 unspecified atom stereocenters. The molecule has 3 heterocycles. The predicted octanol–water partition coefficient (Wildman–Crippen LogP) is 8.10. The highest BCUT2D eigenvalue weighted by molar-refractivity contribution is 5.51. The average molecular weight is 720 g/mol. The minimum atomic E-state index is -4.59. The Kier molecular flexibility index (Phi) is 11.0. The summed E-state index contributed by atoms with van der Waals surface area (Å²) in [6, 6.07) is 4.00. The Morgan fingerprint density at radius 2 is 1.61 bits per heavy atom. The molecule has 2 aromatic heterocycles. The van der Waals surface area contributed by atoms with Gasteiger partial charge in [0.2, 0.25) is 11.9 Å². The number of nitrogens with one attached hydrogen (secondary N) is 1. The minimum Gasteiger partial charge on any atom is -0.396 e. The van der Waals surface area contributed by atoms with E-state index in [0.717, 1.165) is 29.8 Å². The first kappa shape index (κ1) is 37.5. The van der Waals surface area contributed by atoms with Crippen molar-refractivity contribution in [1.29, 1.82) is 0 Å². The molecule has 3 N–H and O–H groups in total. The zero-order valence-electron chi connectivity index (χ0n) is 29.1. The Morgan fingerprint density at radius 3 is 2.22 bits per heavy atom. The van der Waals surface area contributed by atoms with Crippen molar-refractivity contribution < 1.29 is 36.6 Å². The molecule has 6 rings (SSSR count). The first-order valence-electron chi connectivity index (χ1n) is 18.0. The fourth-order valence-electron chi connectivity index (χ4n) is 8.11. The van der Waals surface area contributed by atoms with Crippen LogP contribution in [0.1, 0.15) is 134 Å². The van der Waals surface area contributed by atoms with E-state index in [9.17, 15) is 27.1 Å². The van der Waals surface area contributed by atoms with Crippen molar-refractivity contribution in [3.05, 3.63) is 81.4 Å². The summed E-state index contributed by atoms with van der Waals surface area (Å²) in [6.07, 6.45) is -1.74. The summed E-state index contributed by atoms with van der Waals surface area (Å²) >= 11 is 0. The van der Waals surface area contributed by atoms with Gasteiger partial charge in [-0.2, -0.15) is 13.2 Å². The van der Waals surface area contributed by atoms with Gasteiger partial charge in [0.05, 0.1) is 17.4 Å². The number of halogens is 6. The maximum Gasteiger partial charge on any atom is 0.416 e. The monoisotopic (exact) mass is 719 g/mol. The number of aliphatic hydroxyl groups is 2. The molecule has 2 aliphatic carbocycles. The summed E-state index contributed by atoms with van der Waals surface area (Å²) in [5, 5.41) is 23.8. The van der Waals surface area contributed by atoms with Crippen molar-refractivity contribution >= 4 is 5.95 Å². The van der Waals surface area contributed by atoms with Gasteiger partial charge in [0.15, 0.2) is 6.17 Å². The summed E-state index contributed by atoms with van der Waals surface area (Å²) in [5.74, 6) is -2.95. The molecule has 1 aliphatic heterocycles. The van der Waals surface area contributed by atoms with Crippen LogP contribution in [0.3, 0.4) is 0 Å². The van der Waals surface area contributed by atoms with Gasteiger partial charge in [-0.3, -0.25) is 4.98 Å². The molecule has 0 bridgehead atoms. The Balaban J connectivity index is 1.37. The van der Waals surface area contributed by atoms with E-state index in [0.29, 0.717) is 86.7 Å². The Morgan fingerprint density at radius 1 is 0.961 bits per heavy atom. The van der Waals surface area contributed by atoms with E-state index in [1.807, 2.05) is 13.8 Å². The van der Waals surface area contributed by atoms with Gasteiger partial charge in [0, 0.05) is 79.8 Å². The van der Waals surface area contributed by atoms with E-state index in [1.54, 1.807) is 12.4 Å². The molecule has 51 heavy (non-hydrogen) atoms. The van der Waals surface area contributed by atoms with Gasteiger partial charge in [0.1, 0.15) is 0 Å². The number of pyridine rings is 1. The molecule has 13 heteroatoms. The normalized spacial score (nSPS) is 21.8. The third kappa shape index (κ3) is 8.52. The van der Waals surface area contributed by atoms with Crippen LogP contribution in [-0.2, 0) is 19.1 Å². The topological polar surface area (TPSA) is 94.4 Å². The third-order valence-corrected chi connectivity index (χ3v) is 10.8. The van der Waals surface area contributed by atoms with Crippen LogP contribution in [0.2, 0.25) is 0 Å². The molecule has 3 aromatic rings. The lowest BCUT2D eigenvalue weighted by atomic mass is 9.68. The second-order valence-corrected chi connectivity index (χ2v) is 15.3. The lowest BCUT2D eigenvalue weighted by molar-refractivity contribution is -0.137. The highest BCUT2D eigenvalue weighted by Crippen LogP contribution is 2.52. The lowest BCUT2D eigenvalue weighted by Crippen LogP contribution is -2.36. The molecule has 2 fully saturated rings. The zero-order valence-corrected chi connectivity index (χ0v) is 29.1. The number of nitrogens with zero attached hydrogens (tertiary/aromatic N) is 4. The van der Waals surface area contributed by atoms with Crippen LogP contribution in [0, 0.1) is 5.41 Å². The van der Waals surface area contributed by atoms with E-state index in [1.165, 1.54) is 0 Å². The van der Waals surface area contributed by atoms with Crippen LogP contribution in [0.5, 0.6) is 0 Å². The van der Waals surface area contributed by atoms with Crippen molar-refractivity contribution in [2.75, 3.05) is 31.1 Å². The summed E-state index contributed by atoms with van der Waals surface area (Å²) < 4.78 is 86.5. The molecule has 3 aliphatic rings. The second-order valence-electron chi connectivity index (χ2n) is 15.3. The average Bonchev–Trinajstić information content (AvgIpc) is 3.09. The molecule has 7 nitrogen and oxygen atoms in total. The SMILES string of the molecule is CC1(C)Cc2nc(C3CCN(c4ncc(CNCCCO)cn4)CC3)c([C@@H](F)c3ccc(C(F)(F)F)cc3)c(C3CCC(F)(F)CC3)c2[C@@H](O)C1. The van der Waals surface area contributed by atoms with Crippen LogP contribution < -0.4 is 10.2 Å². The summed E-state index contributed by atoms with van der Waals surface area (Å²) in [4.78, 5) is 16.3. The van der Waals surface area contributed by atoms with Gasteiger partial charge < -0.3 is 20.4 Å². The van der Waals surface area contributed by atoms with Crippen molar-refractivity contribution in [1.82, 2.24) is 20.3 Å². The Hall–Kier alpha value is -3.29. The van der Waals surface area contributed by atoms with Gasteiger partial charge in [-0.15, -0.1) is 0 Å². The Labute approximate surface area is 294 Å².